The smallest absolute Gasteiger partial charge is 0.233 e. The lowest BCUT2D eigenvalue weighted by Crippen LogP contribution is -2.27. The molecule has 0 fully saturated rings. The zero-order chi connectivity index (χ0) is 20.3. The van der Waals surface area contributed by atoms with Gasteiger partial charge in [-0.15, -0.1) is 0 Å². The van der Waals surface area contributed by atoms with Gasteiger partial charge in [-0.05, 0) is 60.9 Å². The number of aromatic nitrogens is 2. The monoisotopic (exact) mass is 395 g/mol. The minimum atomic E-state index is 0.0549. The molecule has 0 N–H and O–H groups in total. The van der Waals surface area contributed by atoms with Crippen molar-refractivity contribution in [3.63, 3.8) is 0 Å². The quantitative estimate of drug-likeness (QED) is 0.460. The summed E-state index contributed by atoms with van der Waals surface area (Å²) in [7, 11) is 3.49. The van der Waals surface area contributed by atoms with Crippen molar-refractivity contribution in [1.29, 1.82) is 0 Å². The second-order valence-corrected chi connectivity index (χ2v) is 7.83. The number of hydrogen-bond acceptors (Lipinski definition) is 5. The van der Waals surface area contributed by atoms with E-state index in [-0.39, 0.29) is 5.91 Å². The van der Waals surface area contributed by atoms with E-state index in [1.165, 1.54) is 11.8 Å². The fourth-order valence-corrected chi connectivity index (χ4v) is 3.78. The normalized spacial score (nSPS) is 10.9. The first-order chi connectivity index (χ1) is 13.4. The van der Waals surface area contributed by atoms with Crippen molar-refractivity contribution >= 4 is 28.4 Å². The fraction of sp³-hybridized carbons (Fsp3) is 0.318. The lowest BCUT2D eigenvalue weighted by Gasteiger charge is -2.17. The van der Waals surface area contributed by atoms with E-state index in [0.29, 0.717) is 17.5 Å². The number of hydrogen-bond donors (Lipinski definition) is 0. The summed E-state index contributed by atoms with van der Waals surface area (Å²) in [5.41, 5.74) is 4.12. The van der Waals surface area contributed by atoms with E-state index < -0.39 is 0 Å². The molecule has 6 heteroatoms. The first kappa shape index (κ1) is 20.1. The van der Waals surface area contributed by atoms with Crippen LogP contribution in [0.2, 0.25) is 0 Å². The molecule has 0 aliphatic heterocycles. The molecule has 0 spiro atoms. The van der Waals surface area contributed by atoms with Crippen LogP contribution in [-0.2, 0) is 11.3 Å². The van der Waals surface area contributed by atoms with Gasteiger partial charge in [-0.25, -0.2) is 9.97 Å². The minimum Gasteiger partial charge on any atom is -0.497 e. The highest BCUT2D eigenvalue weighted by Crippen LogP contribution is 2.23. The van der Waals surface area contributed by atoms with Gasteiger partial charge in [-0.3, -0.25) is 4.79 Å². The maximum atomic E-state index is 12.5. The summed E-state index contributed by atoms with van der Waals surface area (Å²) in [5, 5.41) is 2.91. The van der Waals surface area contributed by atoms with Gasteiger partial charge in [0.1, 0.15) is 5.75 Å². The maximum Gasteiger partial charge on any atom is 0.233 e. The average Bonchev–Trinajstić information content (AvgIpc) is 2.69. The molecule has 1 amide bonds. The number of benzene rings is 2. The molecule has 0 unspecified atom stereocenters. The Kier molecular flexibility index (Phi) is 6.19. The van der Waals surface area contributed by atoms with Crippen LogP contribution in [0.25, 0.3) is 10.8 Å². The predicted octanol–water partition coefficient (Wildman–Crippen LogP) is 4.31. The van der Waals surface area contributed by atoms with Crippen molar-refractivity contribution in [1.82, 2.24) is 14.9 Å². The molecule has 28 heavy (non-hydrogen) atoms. The molecule has 0 radical (unpaired) electrons. The van der Waals surface area contributed by atoms with Crippen LogP contribution in [-0.4, -0.2) is 40.7 Å². The Morgan fingerprint density at radius 3 is 2.36 bits per heavy atom. The van der Waals surface area contributed by atoms with Gasteiger partial charge in [0.05, 0.1) is 12.9 Å². The van der Waals surface area contributed by atoms with Crippen LogP contribution < -0.4 is 4.74 Å². The van der Waals surface area contributed by atoms with E-state index >= 15 is 0 Å². The van der Waals surface area contributed by atoms with Crippen molar-refractivity contribution in [2.45, 2.75) is 32.5 Å². The van der Waals surface area contributed by atoms with Crippen LogP contribution in [0, 0.1) is 20.8 Å². The summed E-state index contributed by atoms with van der Waals surface area (Å²) in [4.78, 5) is 23.2. The number of amides is 1. The number of fused-ring (bicyclic) bond motifs is 1. The second-order valence-electron chi connectivity index (χ2n) is 6.89. The van der Waals surface area contributed by atoms with Gasteiger partial charge in [0, 0.05) is 25.0 Å². The number of carbonyl (C=O) groups excluding carboxylic acids is 1. The summed E-state index contributed by atoms with van der Waals surface area (Å²) < 4.78 is 5.27. The van der Waals surface area contributed by atoms with E-state index in [9.17, 15) is 4.79 Å². The summed E-state index contributed by atoms with van der Waals surface area (Å²) >= 11 is 1.38. The standard InChI is InChI=1S/C22H25N3O2S/c1-14-15(2)23-22(24-16(14)3)28-13-21(26)25(4)12-17-6-7-19-11-20(27-5)9-8-18(19)10-17/h6-11H,12-13H2,1-5H3. The van der Waals surface area contributed by atoms with E-state index in [0.717, 1.165) is 39.0 Å². The van der Waals surface area contributed by atoms with Gasteiger partial charge in [0.15, 0.2) is 5.16 Å². The predicted molar refractivity (Wildman–Crippen MR) is 114 cm³/mol. The third kappa shape index (κ3) is 4.62. The molecular weight excluding hydrogens is 370 g/mol. The van der Waals surface area contributed by atoms with Crippen LogP contribution in [0.1, 0.15) is 22.5 Å². The van der Waals surface area contributed by atoms with Gasteiger partial charge in [0.2, 0.25) is 5.91 Å². The Balaban J connectivity index is 1.63. The lowest BCUT2D eigenvalue weighted by atomic mass is 10.1. The molecular formula is C22H25N3O2S. The van der Waals surface area contributed by atoms with Gasteiger partial charge in [0.25, 0.3) is 0 Å². The van der Waals surface area contributed by atoms with Crippen molar-refractivity contribution in [2.75, 3.05) is 19.9 Å². The highest BCUT2D eigenvalue weighted by atomic mass is 32.2. The van der Waals surface area contributed by atoms with Crippen molar-refractivity contribution in [3.8, 4) is 5.75 Å². The van der Waals surface area contributed by atoms with Crippen LogP contribution in [0.15, 0.2) is 41.6 Å². The Bertz CT molecular complexity index is 997. The zero-order valence-electron chi connectivity index (χ0n) is 16.9. The van der Waals surface area contributed by atoms with E-state index in [2.05, 4.69) is 28.2 Å². The van der Waals surface area contributed by atoms with Crippen molar-refractivity contribution in [2.24, 2.45) is 0 Å². The summed E-state index contributed by atoms with van der Waals surface area (Å²) in [6, 6.07) is 12.2. The number of methoxy groups -OCH3 is 1. The Morgan fingerprint density at radius 1 is 1.04 bits per heavy atom. The molecule has 3 aromatic rings. The van der Waals surface area contributed by atoms with Gasteiger partial charge in [-0.1, -0.05) is 30.0 Å². The third-order valence-corrected chi connectivity index (χ3v) is 5.73. The Hall–Kier alpha value is -2.60. The summed E-state index contributed by atoms with van der Waals surface area (Å²) in [6.45, 7) is 6.51. The highest BCUT2D eigenvalue weighted by molar-refractivity contribution is 7.99. The second kappa shape index (κ2) is 8.61. The van der Waals surface area contributed by atoms with Crippen LogP contribution >= 0.6 is 11.8 Å². The molecule has 0 saturated heterocycles. The van der Waals surface area contributed by atoms with E-state index in [1.807, 2.05) is 46.0 Å². The van der Waals surface area contributed by atoms with Crippen LogP contribution in [0.3, 0.4) is 0 Å². The van der Waals surface area contributed by atoms with Gasteiger partial charge >= 0.3 is 0 Å². The number of thioether (sulfide) groups is 1. The van der Waals surface area contributed by atoms with Crippen LogP contribution in [0.5, 0.6) is 5.75 Å². The van der Waals surface area contributed by atoms with Crippen molar-refractivity contribution < 1.29 is 9.53 Å². The average molecular weight is 396 g/mol. The number of ether oxygens (including phenoxy) is 1. The number of rotatable bonds is 6. The number of aryl methyl sites for hydroxylation is 2. The molecule has 1 aromatic heterocycles. The third-order valence-electron chi connectivity index (χ3n) is 4.89. The van der Waals surface area contributed by atoms with Crippen molar-refractivity contribution in [3.05, 3.63) is 58.9 Å². The van der Waals surface area contributed by atoms with E-state index in [4.69, 9.17) is 4.74 Å². The lowest BCUT2D eigenvalue weighted by molar-refractivity contribution is -0.127. The van der Waals surface area contributed by atoms with Gasteiger partial charge < -0.3 is 9.64 Å². The molecule has 1 heterocycles. The fourth-order valence-electron chi connectivity index (χ4n) is 2.90. The number of nitrogens with zero attached hydrogens (tertiary/aromatic N) is 3. The summed E-state index contributed by atoms with van der Waals surface area (Å²) in [5.74, 6) is 1.22. The highest BCUT2D eigenvalue weighted by Gasteiger charge is 2.13. The SMILES string of the molecule is COc1ccc2cc(CN(C)C(=O)CSc3nc(C)c(C)c(C)n3)ccc2c1. The minimum absolute atomic E-state index is 0.0549. The first-order valence-corrected chi connectivity index (χ1v) is 10.1. The first-order valence-electron chi connectivity index (χ1n) is 9.12. The molecule has 3 rings (SSSR count). The molecule has 0 aliphatic carbocycles. The van der Waals surface area contributed by atoms with E-state index in [1.54, 1.807) is 12.0 Å². The molecule has 0 atom stereocenters. The molecule has 0 bridgehead atoms. The molecule has 0 aliphatic rings. The maximum absolute atomic E-state index is 12.5. The largest absolute Gasteiger partial charge is 0.497 e. The topological polar surface area (TPSA) is 55.3 Å². The molecule has 2 aromatic carbocycles. The Morgan fingerprint density at radius 2 is 1.68 bits per heavy atom. The molecule has 146 valence electrons. The summed E-state index contributed by atoms with van der Waals surface area (Å²) in [6.07, 6.45) is 0. The molecule has 0 saturated carbocycles. The Labute approximate surface area is 170 Å². The van der Waals surface area contributed by atoms with Crippen LogP contribution in [0.4, 0.5) is 0 Å². The zero-order valence-corrected chi connectivity index (χ0v) is 17.8. The number of carbonyl (C=O) groups is 1. The van der Waals surface area contributed by atoms with Gasteiger partial charge in [-0.2, -0.15) is 0 Å². The molecule has 5 nitrogen and oxygen atoms in total.